The number of hydrogen-bond acceptors (Lipinski definition) is 3. The minimum absolute atomic E-state index is 0.451. The van der Waals surface area contributed by atoms with Crippen molar-refractivity contribution < 1.29 is 4.42 Å². The minimum Gasteiger partial charge on any atom is -0.464 e. The van der Waals surface area contributed by atoms with Gasteiger partial charge in [-0.3, -0.25) is 0 Å². The van der Waals surface area contributed by atoms with E-state index in [0.29, 0.717) is 16.9 Å². The molecule has 0 radical (unpaired) electrons. The van der Waals surface area contributed by atoms with E-state index in [1.807, 2.05) is 0 Å². The van der Waals surface area contributed by atoms with E-state index in [1.165, 1.54) is 19.3 Å². The molecule has 1 aromatic rings. The Balaban J connectivity index is 1.62. The number of fused-ring (bicyclic) bond motifs is 2. The summed E-state index contributed by atoms with van der Waals surface area (Å²) in [5.41, 5.74) is 0.935. The summed E-state index contributed by atoms with van der Waals surface area (Å²) in [7, 11) is 0. The van der Waals surface area contributed by atoms with Crippen LogP contribution >= 0.6 is 11.8 Å². The van der Waals surface area contributed by atoms with Crippen molar-refractivity contribution in [3.8, 4) is 0 Å². The van der Waals surface area contributed by atoms with Crippen LogP contribution in [0.1, 0.15) is 51.6 Å². The number of hydrogen-bond donors (Lipinski definition) is 1. The summed E-state index contributed by atoms with van der Waals surface area (Å²) in [5, 5.41) is 3.78. The third kappa shape index (κ3) is 2.14. The highest BCUT2D eigenvalue weighted by Crippen LogP contribution is 2.65. The van der Waals surface area contributed by atoms with Gasteiger partial charge in [-0.1, -0.05) is 20.8 Å². The van der Waals surface area contributed by atoms with Gasteiger partial charge in [0.15, 0.2) is 0 Å². The van der Waals surface area contributed by atoms with Crippen molar-refractivity contribution >= 4 is 11.8 Å². The highest BCUT2D eigenvalue weighted by Gasteiger charge is 2.60. The van der Waals surface area contributed by atoms with Gasteiger partial charge in [-0.15, -0.1) is 0 Å². The molecule has 2 saturated carbocycles. The van der Waals surface area contributed by atoms with Gasteiger partial charge in [-0.2, -0.15) is 11.8 Å². The second-order valence-electron chi connectivity index (χ2n) is 7.34. The first-order valence-corrected chi connectivity index (χ1v) is 9.16. The first-order chi connectivity index (χ1) is 9.47. The molecule has 2 aliphatic rings. The number of furan rings is 1. The van der Waals surface area contributed by atoms with Crippen LogP contribution in [0.2, 0.25) is 0 Å². The van der Waals surface area contributed by atoms with Crippen LogP contribution in [0.3, 0.4) is 0 Å². The summed E-state index contributed by atoms with van der Waals surface area (Å²) in [5.74, 6) is 4.04. The van der Waals surface area contributed by atoms with Gasteiger partial charge >= 0.3 is 0 Å². The Labute approximate surface area is 127 Å². The molecule has 3 atom stereocenters. The largest absolute Gasteiger partial charge is 0.464 e. The molecule has 112 valence electrons. The maximum absolute atomic E-state index is 5.87. The molecule has 0 saturated heterocycles. The van der Waals surface area contributed by atoms with Gasteiger partial charge in [0, 0.05) is 6.04 Å². The number of thioether (sulfide) groups is 1. The van der Waals surface area contributed by atoms with Gasteiger partial charge in [-0.05, 0) is 54.4 Å². The summed E-state index contributed by atoms with van der Waals surface area (Å²) in [4.78, 5) is 0. The van der Waals surface area contributed by atoms with Gasteiger partial charge in [-0.25, -0.2) is 0 Å². The summed E-state index contributed by atoms with van der Waals surface area (Å²) >= 11 is 1.81. The van der Waals surface area contributed by atoms with E-state index in [9.17, 15) is 0 Å². The zero-order valence-corrected chi connectivity index (χ0v) is 14.0. The summed E-state index contributed by atoms with van der Waals surface area (Å²) in [6.45, 7) is 8.29. The molecular formula is C17H27NOS. The van der Waals surface area contributed by atoms with E-state index in [2.05, 4.69) is 44.5 Å². The molecule has 1 N–H and O–H groups in total. The molecule has 2 nitrogen and oxygen atoms in total. The van der Waals surface area contributed by atoms with Gasteiger partial charge in [0.2, 0.25) is 0 Å². The molecule has 1 aromatic heterocycles. The molecule has 2 bridgehead atoms. The van der Waals surface area contributed by atoms with E-state index < -0.39 is 0 Å². The summed E-state index contributed by atoms with van der Waals surface area (Å²) in [6.07, 6.45) is 6.24. The fraction of sp³-hybridized carbons (Fsp3) is 0.765. The second kappa shape index (κ2) is 5.10. The lowest BCUT2D eigenvalue weighted by atomic mass is 9.69. The predicted octanol–water partition coefficient (Wildman–Crippen LogP) is 4.45. The van der Waals surface area contributed by atoms with E-state index in [-0.39, 0.29) is 0 Å². The van der Waals surface area contributed by atoms with Crippen molar-refractivity contribution in [3.63, 3.8) is 0 Å². The first kappa shape index (κ1) is 14.5. The molecule has 20 heavy (non-hydrogen) atoms. The standard InChI is InChI=1S/C17H27NOS/c1-16(2)12-7-8-17(16,3)15(9-12)18-10-13-5-6-14(19-13)11-20-4/h5-6,12,15,18H,7-11H2,1-4H3. The van der Waals surface area contributed by atoms with Crippen molar-refractivity contribution in [3.05, 3.63) is 23.7 Å². The molecule has 2 fully saturated rings. The topological polar surface area (TPSA) is 25.2 Å². The van der Waals surface area contributed by atoms with Crippen LogP contribution in [0.15, 0.2) is 16.5 Å². The molecule has 2 aliphatic carbocycles. The van der Waals surface area contributed by atoms with Crippen LogP contribution in [0.25, 0.3) is 0 Å². The Morgan fingerprint density at radius 2 is 2.05 bits per heavy atom. The Kier molecular flexibility index (Phi) is 3.70. The normalized spacial score (nSPS) is 34.8. The van der Waals surface area contributed by atoms with Crippen molar-refractivity contribution in [1.82, 2.24) is 5.32 Å². The molecule has 3 rings (SSSR count). The molecule has 0 amide bonds. The van der Waals surface area contributed by atoms with Gasteiger partial charge < -0.3 is 9.73 Å². The highest BCUT2D eigenvalue weighted by molar-refractivity contribution is 7.97. The fourth-order valence-electron chi connectivity index (χ4n) is 4.47. The van der Waals surface area contributed by atoms with Crippen molar-refractivity contribution in [2.45, 2.75) is 58.4 Å². The van der Waals surface area contributed by atoms with Crippen LogP contribution < -0.4 is 5.32 Å². The first-order valence-electron chi connectivity index (χ1n) is 7.77. The zero-order valence-electron chi connectivity index (χ0n) is 13.2. The third-order valence-corrected chi connectivity index (χ3v) is 6.89. The van der Waals surface area contributed by atoms with Gasteiger partial charge in [0.05, 0.1) is 12.3 Å². The van der Waals surface area contributed by atoms with E-state index in [1.54, 1.807) is 11.8 Å². The molecule has 3 heteroatoms. The minimum atomic E-state index is 0.451. The van der Waals surface area contributed by atoms with Gasteiger partial charge in [0.1, 0.15) is 11.5 Å². The lowest BCUT2D eigenvalue weighted by Crippen LogP contribution is -2.44. The van der Waals surface area contributed by atoms with Crippen LogP contribution in [0.4, 0.5) is 0 Å². The van der Waals surface area contributed by atoms with Crippen LogP contribution in [0, 0.1) is 16.7 Å². The number of rotatable bonds is 5. The van der Waals surface area contributed by atoms with Crippen molar-refractivity contribution in [2.75, 3.05) is 6.26 Å². The zero-order chi connectivity index (χ0) is 14.4. The quantitative estimate of drug-likeness (QED) is 0.868. The van der Waals surface area contributed by atoms with Crippen molar-refractivity contribution in [1.29, 1.82) is 0 Å². The maximum atomic E-state index is 5.87. The highest BCUT2D eigenvalue weighted by atomic mass is 32.2. The number of nitrogens with one attached hydrogen (secondary N) is 1. The summed E-state index contributed by atoms with van der Waals surface area (Å²) in [6, 6.07) is 4.88. The van der Waals surface area contributed by atoms with E-state index in [4.69, 9.17) is 4.42 Å². The molecule has 0 aromatic carbocycles. The van der Waals surface area contributed by atoms with Crippen LogP contribution in [-0.4, -0.2) is 12.3 Å². The monoisotopic (exact) mass is 293 g/mol. The van der Waals surface area contributed by atoms with E-state index in [0.717, 1.165) is 29.7 Å². The Bertz CT molecular complexity index is 481. The molecular weight excluding hydrogens is 266 g/mol. The second-order valence-corrected chi connectivity index (χ2v) is 8.21. The Hall–Kier alpha value is -0.410. The Morgan fingerprint density at radius 3 is 2.65 bits per heavy atom. The SMILES string of the molecule is CSCc1ccc(CNC2CC3CCC2(C)C3(C)C)o1. The smallest absolute Gasteiger partial charge is 0.118 e. The third-order valence-electron chi connectivity index (χ3n) is 6.32. The van der Waals surface area contributed by atoms with Gasteiger partial charge in [0.25, 0.3) is 0 Å². The summed E-state index contributed by atoms with van der Waals surface area (Å²) < 4.78 is 5.87. The molecule has 3 unspecified atom stereocenters. The lowest BCUT2D eigenvalue weighted by molar-refractivity contribution is 0.119. The van der Waals surface area contributed by atoms with Crippen LogP contribution in [0.5, 0.6) is 0 Å². The van der Waals surface area contributed by atoms with Crippen LogP contribution in [-0.2, 0) is 12.3 Å². The average molecular weight is 293 g/mol. The molecule has 1 heterocycles. The Morgan fingerprint density at radius 1 is 1.30 bits per heavy atom. The van der Waals surface area contributed by atoms with E-state index >= 15 is 0 Å². The maximum Gasteiger partial charge on any atom is 0.118 e. The molecule has 0 aliphatic heterocycles. The molecule has 0 spiro atoms. The predicted molar refractivity (Wildman–Crippen MR) is 85.8 cm³/mol. The lowest BCUT2D eigenvalue weighted by Gasteiger charge is -2.39. The fourth-order valence-corrected chi connectivity index (χ4v) is 4.91. The average Bonchev–Trinajstić information content (AvgIpc) is 2.98. The van der Waals surface area contributed by atoms with Crippen molar-refractivity contribution in [2.24, 2.45) is 16.7 Å².